The molecule has 0 unspecified atom stereocenters. The molecule has 0 spiro atoms. The number of benzene rings is 3. The SMILES string of the molecule is Cc1cc(-c2cc(F)c(C)c(F)c2)cc(C)c1Oc1nc(Nc2ccc(C#N)cc2)nc2ccn(C)c12. The molecule has 0 fully saturated rings. The van der Waals surface area contributed by atoms with Crippen molar-refractivity contribution in [2.24, 2.45) is 7.05 Å². The van der Waals surface area contributed by atoms with Gasteiger partial charge in [-0.3, -0.25) is 0 Å². The van der Waals surface area contributed by atoms with Gasteiger partial charge in [0.15, 0.2) is 0 Å². The Labute approximate surface area is 212 Å². The predicted octanol–water partition coefficient (Wildman–Crippen LogP) is 7.25. The molecule has 8 heteroatoms. The molecule has 0 bridgehead atoms. The first-order valence-electron chi connectivity index (χ1n) is 11.6. The topological polar surface area (TPSA) is 75.8 Å². The van der Waals surface area contributed by atoms with Crippen molar-refractivity contribution in [2.75, 3.05) is 5.32 Å². The monoisotopic (exact) mass is 495 g/mol. The second-order valence-corrected chi connectivity index (χ2v) is 8.93. The Hall–Kier alpha value is -4.77. The van der Waals surface area contributed by atoms with Gasteiger partial charge < -0.3 is 14.6 Å². The van der Waals surface area contributed by atoms with Crippen molar-refractivity contribution in [3.63, 3.8) is 0 Å². The maximum atomic E-state index is 14.2. The van der Waals surface area contributed by atoms with Crippen LogP contribution in [-0.4, -0.2) is 14.5 Å². The third-order valence-electron chi connectivity index (χ3n) is 6.23. The molecule has 0 amide bonds. The number of nitrogens with zero attached hydrogens (tertiary/aromatic N) is 4. The summed E-state index contributed by atoms with van der Waals surface area (Å²) in [4.78, 5) is 9.23. The van der Waals surface area contributed by atoms with E-state index in [0.29, 0.717) is 39.8 Å². The highest BCUT2D eigenvalue weighted by Gasteiger charge is 2.17. The van der Waals surface area contributed by atoms with Gasteiger partial charge in [-0.2, -0.15) is 10.2 Å². The second-order valence-electron chi connectivity index (χ2n) is 8.93. The van der Waals surface area contributed by atoms with E-state index in [9.17, 15) is 8.78 Å². The molecule has 1 N–H and O–H groups in total. The van der Waals surface area contributed by atoms with Crippen LogP contribution >= 0.6 is 0 Å². The number of hydrogen-bond donors (Lipinski definition) is 1. The maximum absolute atomic E-state index is 14.2. The molecule has 3 aromatic carbocycles. The first-order valence-corrected chi connectivity index (χ1v) is 11.6. The summed E-state index contributed by atoms with van der Waals surface area (Å²) in [7, 11) is 1.88. The van der Waals surface area contributed by atoms with Crippen molar-refractivity contribution in [1.29, 1.82) is 5.26 Å². The number of nitriles is 1. The van der Waals surface area contributed by atoms with Gasteiger partial charge in [0, 0.05) is 24.5 Å². The van der Waals surface area contributed by atoms with Gasteiger partial charge in [-0.15, -0.1) is 0 Å². The molecule has 0 aliphatic rings. The van der Waals surface area contributed by atoms with Gasteiger partial charge in [0.05, 0.1) is 17.1 Å². The smallest absolute Gasteiger partial charge is 0.249 e. The molecule has 5 aromatic rings. The number of hydrogen-bond acceptors (Lipinski definition) is 5. The Kier molecular flexibility index (Phi) is 6.06. The summed E-state index contributed by atoms with van der Waals surface area (Å²) in [6, 6.07) is 17.3. The van der Waals surface area contributed by atoms with Crippen molar-refractivity contribution in [3.8, 4) is 28.8 Å². The van der Waals surface area contributed by atoms with Gasteiger partial charge >= 0.3 is 0 Å². The Balaban J connectivity index is 1.53. The van der Waals surface area contributed by atoms with E-state index in [1.807, 2.05) is 49.9 Å². The van der Waals surface area contributed by atoms with Crippen molar-refractivity contribution >= 4 is 22.7 Å². The van der Waals surface area contributed by atoms with Gasteiger partial charge in [-0.05, 0) is 97.6 Å². The highest BCUT2D eigenvalue weighted by atomic mass is 19.1. The summed E-state index contributed by atoms with van der Waals surface area (Å²) in [6.07, 6.45) is 1.88. The molecule has 0 saturated carbocycles. The first kappa shape index (κ1) is 23.9. The average molecular weight is 496 g/mol. The Bertz CT molecular complexity index is 1650. The predicted molar refractivity (Wildman–Crippen MR) is 139 cm³/mol. The van der Waals surface area contributed by atoms with Gasteiger partial charge in [0.25, 0.3) is 0 Å². The Morgan fingerprint density at radius 1 is 0.892 bits per heavy atom. The number of ether oxygens (including phenoxy) is 1. The van der Waals surface area contributed by atoms with Crippen LogP contribution in [0.15, 0.2) is 60.8 Å². The van der Waals surface area contributed by atoms with E-state index in [0.717, 1.165) is 22.3 Å². The standard InChI is InChI=1S/C29H23F2N5O/c1-16-11-20(21-13-23(30)18(3)24(31)14-21)12-17(2)27(16)37-28-26-25(9-10-36(26)4)34-29(35-28)33-22-7-5-19(15-32)6-8-22/h5-14H,1-4H3,(H,33,34,35). The lowest BCUT2D eigenvalue weighted by Crippen LogP contribution is -2.02. The number of nitrogens with one attached hydrogen (secondary N) is 1. The minimum Gasteiger partial charge on any atom is -0.436 e. The molecule has 37 heavy (non-hydrogen) atoms. The molecule has 184 valence electrons. The van der Waals surface area contributed by atoms with Gasteiger partial charge in [0.1, 0.15) is 22.9 Å². The number of aromatic nitrogens is 3. The van der Waals surface area contributed by atoms with Crippen LogP contribution in [-0.2, 0) is 7.05 Å². The molecule has 5 rings (SSSR count). The first-order chi connectivity index (χ1) is 17.7. The average Bonchev–Trinajstić information content (AvgIpc) is 3.25. The number of anilines is 2. The lowest BCUT2D eigenvalue weighted by molar-refractivity contribution is 0.459. The Morgan fingerprint density at radius 2 is 1.51 bits per heavy atom. The van der Waals surface area contributed by atoms with E-state index in [-0.39, 0.29) is 5.56 Å². The quantitative estimate of drug-likeness (QED) is 0.278. The summed E-state index contributed by atoms with van der Waals surface area (Å²) in [5, 5.41) is 12.2. The number of rotatable bonds is 5. The lowest BCUT2D eigenvalue weighted by Gasteiger charge is -2.16. The van der Waals surface area contributed by atoms with Crippen LogP contribution in [0.1, 0.15) is 22.3 Å². The van der Waals surface area contributed by atoms with E-state index < -0.39 is 11.6 Å². The fourth-order valence-electron chi connectivity index (χ4n) is 4.23. The van der Waals surface area contributed by atoms with Crippen LogP contribution in [0.25, 0.3) is 22.2 Å². The molecular formula is C29H23F2N5O. The van der Waals surface area contributed by atoms with E-state index in [4.69, 9.17) is 10.00 Å². The zero-order valence-corrected chi connectivity index (χ0v) is 20.7. The number of halogens is 2. The second kappa shape index (κ2) is 9.36. The van der Waals surface area contributed by atoms with E-state index in [1.165, 1.54) is 19.1 Å². The third kappa shape index (κ3) is 4.59. The van der Waals surface area contributed by atoms with Crippen molar-refractivity contribution in [2.45, 2.75) is 20.8 Å². The molecule has 0 saturated heterocycles. The number of aryl methyl sites for hydroxylation is 3. The fourth-order valence-corrected chi connectivity index (χ4v) is 4.23. The molecular weight excluding hydrogens is 472 g/mol. The molecule has 0 radical (unpaired) electrons. The summed E-state index contributed by atoms with van der Waals surface area (Å²) in [6.45, 7) is 5.18. The lowest BCUT2D eigenvalue weighted by atomic mass is 9.98. The van der Waals surface area contributed by atoms with E-state index in [1.54, 1.807) is 24.3 Å². The van der Waals surface area contributed by atoms with Crippen LogP contribution < -0.4 is 10.1 Å². The molecule has 2 aromatic heterocycles. The molecule has 2 heterocycles. The van der Waals surface area contributed by atoms with Crippen LogP contribution in [0.2, 0.25) is 0 Å². The summed E-state index contributed by atoms with van der Waals surface area (Å²) < 4.78 is 36.6. The molecule has 0 atom stereocenters. The minimum atomic E-state index is -0.583. The Morgan fingerprint density at radius 3 is 2.14 bits per heavy atom. The van der Waals surface area contributed by atoms with E-state index in [2.05, 4.69) is 21.4 Å². The maximum Gasteiger partial charge on any atom is 0.249 e. The van der Waals surface area contributed by atoms with Crippen LogP contribution in [0.3, 0.4) is 0 Å². The zero-order chi connectivity index (χ0) is 26.3. The molecule has 6 nitrogen and oxygen atoms in total. The zero-order valence-electron chi connectivity index (χ0n) is 20.7. The van der Waals surface area contributed by atoms with E-state index >= 15 is 0 Å². The molecule has 0 aliphatic carbocycles. The number of fused-ring (bicyclic) bond motifs is 1. The van der Waals surface area contributed by atoms with Crippen LogP contribution in [0.5, 0.6) is 11.6 Å². The van der Waals surface area contributed by atoms with Crippen LogP contribution in [0, 0.1) is 43.7 Å². The van der Waals surface area contributed by atoms with Gasteiger partial charge in [-0.1, -0.05) is 0 Å². The highest BCUT2D eigenvalue weighted by molar-refractivity contribution is 5.83. The fraction of sp³-hybridized carbons (Fsp3) is 0.138. The largest absolute Gasteiger partial charge is 0.436 e. The summed E-state index contributed by atoms with van der Waals surface area (Å²) in [5.74, 6) is 0.137. The normalized spacial score (nSPS) is 10.9. The van der Waals surface area contributed by atoms with Gasteiger partial charge in [0.2, 0.25) is 11.8 Å². The summed E-state index contributed by atoms with van der Waals surface area (Å²) in [5.41, 5.74) is 5.43. The van der Waals surface area contributed by atoms with Crippen molar-refractivity contribution in [3.05, 3.63) is 94.7 Å². The highest BCUT2D eigenvalue weighted by Crippen LogP contribution is 2.36. The van der Waals surface area contributed by atoms with Gasteiger partial charge in [-0.25, -0.2) is 13.8 Å². The molecule has 0 aliphatic heterocycles. The minimum absolute atomic E-state index is 0.00193. The third-order valence-corrected chi connectivity index (χ3v) is 6.23. The van der Waals surface area contributed by atoms with Crippen molar-refractivity contribution in [1.82, 2.24) is 14.5 Å². The van der Waals surface area contributed by atoms with Crippen molar-refractivity contribution < 1.29 is 13.5 Å². The summed E-state index contributed by atoms with van der Waals surface area (Å²) >= 11 is 0. The van der Waals surface area contributed by atoms with Crippen LogP contribution in [0.4, 0.5) is 20.4 Å².